The van der Waals surface area contributed by atoms with Crippen LogP contribution in [0.25, 0.3) is 11.3 Å². The van der Waals surface area contributed by atoms with Crippen LogP contribution in [0, 0.1) is 5.41 Å². The number of aromatic nitrogens is 2. The number of aromatic amines is 1. The summed E-state index contributed by atoms with van der Waals surface area (Å²) >= 11 is 0. The number of nitrogens with one attached hydrogen (secondary N) is 1. The smallest absolute Gasteiger partial charge is 0.254 e. The van der Waals surface area contributed by atoms with Crippen LogP contribution in [0.1, 0.15) is 54.4 Å². The summed E-state index contributed by atoms with van der Waals surface area (Å²) in [6.07, 6.45) is 3.11. The minimum absolute atomic E-state index is 0.168. The van der Waals surface area contributed by atoms with E-state index in [2.05, 4.69) is 37.0 Å². The molecular formula is C19H23N3O. The van der Waals surface area contributed by atoms with Gasteiger partial charge in [0.15, 0.2) is 0 Å². The molecule has 2 aliphatic rings. The number of carbonyl (C=O) groups is 1. The number of carbonyl (C=O) groups excluding carboxylic acids is 1. The maximum atomic E-state index is 12.4. The molecule has 4 nitrogen and oxygen atoms in total. The average Bonchev–Trinajstić information content (AvgIpc) is 3.10. The van der Waals surface area contributed by atoms with Gasteiger partial charge in [-0.15, -0.1) is 0 Å². The van der Waals surface area contributed by atoms with Crippen LogP contribution in [0.2, 0.25) is 0 Å². The molecule has 1 aromatic heterocycles. The van der Waals surface area contributed by atoms with Gasteiger partial charge in [0.1, 0.15) is 0 Å². The molecular weight excluding hydrogens is 286 g/mol. The van der Waals surface area contributed by atoms with Gasteiger partial charge >= 0.3 is 0 Å². The summed E-state index contributed by atoms with van der Waals surface area (Å²) < 4.78 is 0. The zero-order valence-corrected chi connectivity index (χ0v) is 14.1. The van der Waals surface area contributed by atoms with Gasteiger partial charge in [0.05, 0.1) is 5.69 Å². The van der Waals surface area contributed by atoms with Crippen molar-refractivity contribution in [3.05, 3.63) is 40.6 Å². The molecule has 0 saturated heterocycles. The van der Waals surface area contributed by atoms with E-state index in [0.717, 1.165) is 54.7 Å². The predicted molar refractivity (Wildman–Crippen MR) is 90.2 cm³/mol. The van der Waals surface area contributed by atoms with Gasteiger partial charge in [0.2, 0.25) is 0 Å². The SMILES string of the molecule is CCCN1Cc2cc(-c3n[nH]c4c3CC(C)(C)C4)ccc2C1=O. The lowest BCUT2D eigenvalue weighted by molar-refractivity contribution is 0.0778. The third-order valence-corrected chi connectivity index (χ3v) is 5.01. The van der Waals surface area contributed by atoms with Crippen LogP contribution >= 0.6 is 0 Å². The van der Waals surface area contributed by atoms with Gasteiger partial charge in [-0.05, 0) is 42.4 Å². The fourth-order valence-electron chi connectivity index (χ4n) is 3.98. The number of fused-ring (bicyclic) bond motifs is 2. The molecule has 0 bridgehead atoms. The lowest BCUT2D eigenvalue weighted by Crippen LogP contribution is -2.24. The van der Waals surface area contributed by atoms with Gasteiger partial charge in [-0.25, -0.2) is 0 Å². The van der Waals surface area contributed by atoms with Gasteiger partial charge in [-0.2, -0.15) is 5.10 Å². The monoisotopic (exact) mass is 309 g/mol. The molecule has 120 valence electrons. The Morgan fingerprint density at radius 2 is 2.13 bits per heavy atom. The summed E-state index contributed by atoms with van der Waals surface area (Å²) in [4.78, 5) is 14.3. The number of amides is 1. The summed E-state index contributed by atoms with van der Waals surface area (Å²) in [6, 6.07) is 6.18. The third-order valence-electron chi connectivity index (χ3n) is 5.01. The molecule has 2 aromatic rings. The van der Waals surface area contributed by atoms with Crippen LogP contribution in [0.3, 0.4) is 0 Å². The first kappa shape index (κ1) is 14.5. The van der Waals surface area contributed by atoms with Crippen molar-refractivity contribution in [2.24, 2.45) is 5.41 Å². The standard InChI is InChI=1S/C19H23N3O/c1-4-7-22-11-13-8-12(5-6-14(13)18(22)23)17-15-9-19(2,3)10-16(15)20-21-17/h5-6,8H,4,7,9-11H2,1-3H3,(H,20,21). The first-order valence-corrected chi connectivity index (χ1v) is 8.47. The van der Waals surface area contributed by atoms with Crippen molar-refractivity contribution < 1.29 is 4.79 Å². The predicted octanol–water partition coefficient (Wildman–Crippen LogP) is 3.57. The number of H-pyrrole nitrogens is 1. The Morgan fingerprint density at radius 1 is 1.30 bits per heavy atom. The molecule has 1 aliphatic carbocycles. The van der Waals surface area contributed by atoms with Crippen molar-refractivity contribution in [2.75, 3.05) is 6.54 Å². The lowest BCUT2D eigenvalue weighted by atomic mass is 9.90. The quantitative estimate of drug-likeness (QED) is 0.942. The topological polar surface area (TPSA) is 49.0 Å². The summed E-state index contributed by atoms with van der Waals surface area (Å²) in [5.41, 5.74) is 7.12. The van der Waals surface area contributed by atoms with Gasteiger partial charge in [0.25, 0.3) is 5.91 Å². The van der Waals surface area contributed by atoms with E-state index in [4.69, 9.17) is 0 Å². The van der Waals surface area contributed by atoms with Crippen LogP contribution in [-0.4, -0.2) is 27.5 Å². The number of benzene rings is 1. The molecule has 0 unspecified atom stereocenters. The Balaban J connectivity index is 1.70. The largest absolute Gasteiger partial charge is 0.334 e. The van der Waals surface area contributed by atoms with E-state index in [9.17, 15) is 4.79 Å². The Bertz CT molecular complexity index is 788. The van der Waals surface area contributed by atoms with Crippen molar-refractivity contribution in [1.29, 1.82) is 0 Å². The Kier molecular flexibility index (Phi) is 3.12. The minimum Gasteiger partial charge on any atom is -0.334 e. The molecule has 4 rings (SSSR count). The van der Waals surface area contributed by atoms with Crippen molar-refractivity contribution in [1.82, 2.24) is 15.1 Å². The van der Waals surface area contributed by atoms with Crippen LogP contribution in [0.15, 0.2) is 18.2 Å². The summed E-state index contributed by atoms with van der Waals surface area (Å²) in [5, 5.41) is 7.77. The van der Waals surface area contributed by atoms with Crippen molar-refractivity contribution in [3.63, 3.8) is 0 Å². The molecule has 0 atom stereocenters. The number of nitrogens with zero attached hydrogens (tertiary/aromatic N) is 2. The molecule has 4 heteroatoms. The molecule has 0 fully saturated rings. The van der Waals surface area contributed by atoms with Crippen molar-refractivity contribution in [3.8, 4) is 11.3 Å². The van der Waals surface area contributed by atoms with Crippen LogP contribution in [0.4, 0.5) is 0 Å². The van der Waals surface area contributed by atoms with E-state index in [1.54, 1.807) is 0 Å². The zero-order valence-electron chi connectivity index (χ0n) is 14.1. The second kappa shape index (κ2) is 4.95. The highest BCUT2D eigenvalue weighted by Crippen LogP contribution is 2.40. The Morgan fingerprint density at radius 3 is 2.91 bits per heavy atom. The van der Waals surface area contributed by atoms with Crippen molar-refractivity contribution in [2.45, 2.75) is 46.6 Å². The molecule has 0 spiro atoms. The molecule has 23 heavy (non-hydrogen) atoms. The first-order valence-electron chi connectivity index (χ1n) is 8.47. The average molecular weight is 309 g/mol. The summed E-state index contributed by atoms with van der Waals surface area (Å²) in [6.45, 7) is 8.27. The first-order chi connectivity index (χ1) is 11.0. The van der Waals surface area contributed by atoms with Gasteiger partial charge in [-0.3, -0.25) is 9.89 Å². The molecule has 0 radical (unpaired) electrons. The Labute approximate surface area is 136 Å². The van der Waals surface area contributed by atoms with Gasteiger partial charge in [0, 0.05) is 35.5 Å². The fourth-order valence-corrected chi connectivity index (χ4v) is 3.98. The lowest BCUT2D eigenvalue weighted by Gasteiger charge is -2.15. The maximum Gasteiger partial charge on any atom is 0.254 e. The van der Waals surface area contributed by atoms with E-state index in [-0.39, 0.29) is 5.91 Å². The number of hydrogen-bond donors (Lipinski definition) is 1. The van der Waals surface area contributed by atoms with Crippen molar-refractivity contribution >= 4 is 5.91 Å². The van der Waals surface area contributed by atoms with E-state index in [0.29, 0.717) is 5.41 Å². The third kappa shape index (κ3) is 2.28. The number of rotatable bonds is 3. The Hall–Kier alpha value is -2.10. The maximum absolute atomic E-state index is 12.4. The highest BCUT2D eigenvalue weighted by Gasteiger charge is 2.33. The fraction of sp³-hybridized carbons (Fsp3) is 0.474. The van der Waals surface area contributed by atoms with E-state index >= 15 is 0 Å². The molecule has 2 heterocycles. The molecule has 1 aliphatic heterocycles. The molecule has 0 saturated carbocycles. The van der Waals surface area contributed by atoms with E-state index < -0.39 is 0 Å². The zero-order chi connectivity index (χ0) is 16.2. The highest BCUT2D eigenvalue weighted by atomic mass is 16.2. The second-order valence-electron chi connectivity index (χ2n) is 7.65. The van der Waals surface area contributed by atoms with E-state index in [1.165, 1.54) is 11.3 Å². The minimum atomic E-state index is 0.168. The van der Waals surface area contributed by atoms with Gasteiger partial charge in [-0.1, -0.05) is 26.8 Å². The van der Waals surface area contributed by atoms with E-state index in [1.807, 2.05) is 17.0 Å². The number of hydrogen-bond acceptors (Lipinski definition) is 2. The molecule has 1 N–H and O–H groups in total. The van der Waals surface area contributed by atoms with Crippen LogP contribution in [0.5, 0.6) is 0 Å². The second-order valence-corrected chi connectivity index (χ2v) is 7.65. The summed E-state index contributed by atoms with van der Waals surface area (Å²) in [7, 11) is 0. The summed E-state index contributed by atoms with van der Waals surface area (Å²) in [5.74, 6) is 0.168. The van der Waals surface area contributed by atoms with Gasteiger partial charge < -0.3 is 4.90 Å². The van der Waals surface area contributed by atoms with Crippen LogP contribution < -0.4 is 0 Å². The normalized spacial score (nSPS) is 18.4. The highest BCUT2D eigenvalue weighted by molar-refractivity contribution is 5.99. The molecule has 1 aromatic carbocycles. The van der Waals surface area contributed by atoms with Crippen LogP contribution in [-0.2, 0) is 19.4 Å². The molecule has 1 amide bonds.